The highest BCUT2D eigenvalue weighted by molar-refractivity contribution is 7.22. The number of rotatable bonds is 5. The number of nitrogens with zero attached hydrogens (tertiary/aromatic N) is 4. The number of thiazole rings is 1. The normalized spacial score (nSPS) is 17.3. The van der Waals surface area contributed by atoms with Crippen LogP contribution in [0.1, 0.15) is 30.1 Å². The van der Waals surface area contributed by atoms with Gasteiger partial charge in [-0.15, -0.1) is 0 Å². The van der Waals surface area contributed by atoms with Gasteiger partial charge in [-0.05, 0) is 31.9 Å². The number of amides is 1. The van der Waals surface area contributed by atoms with E-state index in [2.05, 4.69) is 21.4 Å². The lowest BCUT2D eigenvalue weighted by Gasteiger charge is -2.32. The van der Waals surface area contributed by atoms with Crippen LogP contribution in [0.2, 0.25) is 0 Å². The molecule has 1 aromatic carbocycles. The second-order valence-corrected chi connectivity index (χ2v) is 7.70. The molecule has 4 rings (SSSR count). The molecule has 2 aromatic heterocycles. The summed E-state index contributed by atoms with van der Waals surface area (Å²) in [5, 5.41) is 8.18. The first-order valence-corrected chi connectivity index (χ1v) is 10.0. The van der Waals surface area contributed by atoms with Gasteiger partial charge < -0.3 is 15.0 Å². The van der Waals surface area contributed by atoms with E-state index in [4.69, 9.17) is 9.72 Å². The minimum absolute atomic E-state index is 0.0714. The summed E-state index contributed by atoms with van der Waals surface area (Å²) in [5.41, 5.74) is 1.51. The maximum Gasteiger partial charge on any atom is 0.254 e. The summed E-state index contributed by atoms with van der Waals surface area (Å²) in [6.07, 6.45) is 5.32. The second-order valence-electron chi connectivity index (χ2n) is 6.69. The fourth-order valence-corrected chi connectivity index (χ4v) is 4.41. The Bertz CT molecular complexity index is 951. The van der Waals surface area contributed by atoms with E-state index in [1.54, 1.807) is 28.4 Å². The fourth-order valence-electron chi connectivity index (χ4n) is 3.39. The summed E-state index contributed by atoms with van der Waals surface area (Å²) in [7, 11) is 1.81. The lowest BCUT2D eigenvalue weighted by atomic mass is 10.1. The third kappa shape index (κ3) is 3.75. The van der Waals surface area contributed by atoms with E-state index in [1.165, 1.54) is 0 Å². The zero-order valence-corrected chi connectivity index (χ0v) is 16.3. The molecular weight excluding hydrogens is 362 g/mol. The number of hydrogen-bond donors (Lipinski definition) is 1. The van der Waals surface area contributed by atoms with E-state index in [-0.39, 0.29) is 11.9 Å². The number of anilines is 1. The summed E-state index contributed by atoms with van der Waals surface area (Å²) in [5.74, 6) is 0.758. The van der Waals surface area contributed by atoms with Gasteiger partial charge in [-0.3, -0.25) is 9.48 Å². The molecule has 1 fully saturated rings. The molecule has 0 bridgehead atoms. The Labute approximate surface area is 162 Å². The molecular formula is C19H23N5O2S. The van der Waals surface area contributed by atoms with Crippen LogP contribution in [0, 0.1) is 0 Å². The summed E-state index contributed by atoms with van der Waals surface area (Å²) < 4.78 is 8.47. The van der Waals surface area contributed by atoms with Crippen LogP contribution < -0.4 is 15.0 Å². The highest BCUT2D eigenvalue weighted by atomic mass is 32.1. The van der Waals surface area contributed by atoms with Crippen molar-refractivity contribution in [2.24, 2.45) is 7.05 Å². The quantitative estimate of drug-likeness (QED) is 0.731. The van der Waals surface area contributed by atoms with Gasteiger partial charge in [0, 0.05) is 32.4 Å². The van der Waals surface area contributed by atoms with Crippen LogP contribution in [-0.4, -0.2) is 46.4 Å². The van der Waals surface area contributed by atoms with E-state index in [9.17, 15) is 4.79 Å². The number of benzene rings is 1. The number of piperidine rings is 1. The summed E-state index contributed by atoms with van der Waals surface area (Å²) in [4.78, 5) is 19.5. The van der Waals surface area contributed by atoms with Crippen LogP contribution in [0.25, 0.3) is 10.2 Å². The third-order valence-electron chi connectivity index (χ3n) is 4.66. The van der Waals surface area contributed by atoms with Gasteiger partial charge in [-0.25, -0.2) is 4.98 Å². The molecule has 0 spiro atoms. The Morgan fingerprint density at radius 2 is 2.33 bits per heavy atom. The zero-order valence-electron chi connectivity index (χ0n) is 15.5. The van der Waals surface area contributed by atoms with E-state index < -0.39 is 0 Å². The summed E-state index contributed by atoms with van der Waals surface area (Å²) in [6.45, 7) is 4.31. The van der Waals surface area contributed by atoms with Gasteiger partial charge in [0.05, 0.1) is 23.1 Å². The Morgan fingerprint density at radius 1 is 1.44 bits per heavy atom. The molecule has 0 saturated carbocycles. The Kier molecular flexibility index (Phi) is 4.98. The number of para-hydroxylation sites is 1. The number of aryl methyl sites for hydroxylation is 1. The topological polar surface area (TPSA) is 72.3 Å². The maximum atomic E-state index is 12.4. The monoisotopic (exact) mass is 385 g/mol. The predicted octanol–water partition coefficient (Wildman–Crippen LogP) is 2.83. The number of ether oxygens (including phenoxy) is 1. The SMILES string of the molecule is CCOc1cccc2sc(N3CCCC(NC(=O)c4cnn(C)c4)C3)nc12. The van der Waals surface area contributed by atoms with Crippen LogP contribution in [0.5, 0.6) is 5.75 Å². The molecule has 3 heterocycles. The molecule has 7 nitrogen and oxygen atoms in total. The third-order valence-corrected chi connectivity index (χ3v) is 5.75. The van der Waals surface area contributed by atoms with E-state index in [1.807, 2.05) is 26.1 Å². The predicted molar refractivity (Wildman–Crippen MR) is 107 cm³/mol. The van der Waals surface area contributed by atoms with Crippen LogP contribution in [-0.2, 0) is 7.05 Å². The van der Waals surface area contributed by atoms with Gasteiger partial charge in [0.2, 0.25) is 0 Å². The van der Waals surface area contributed by atoms with Gasteiger partial charge >= 0.3 is 0 Å². The highest BCUT2D eigenvalue weighted by Gasteiger charge is 2.24. The van der Waals surface area contributed by atoms with E-state index in [0.29, 0.717) is 12.2 Å². The largest absolute Gasteiger partial charge is 0.492 e. The molecule has 0 radical (unpaired) electrons. The summed E-state index contributed by atoms with van der Waals surface area (Å²) >= 11 is 1.67. The van der Waals surface area contributed by atoms with Gasteiger partial charge in [0.15, 0.2) is 5.13 Å². The minimum Gasteiger partial charge on any atom is -0.492 e. The number of fused-ring (bicyclic) bond motifs is 1. The van der Waals surface area contributed by atoms with Crippen LogP contribution in [0.4, 0.5) is 5.13 Å². The molecule has 1 saturated heterocycles. The second kappa shape index (κ2) is 7.56. The van der Waals surface area contributed by atoms with Crippen molar-refractivity contribution in [3.8, 4) is 5.75 Å². The van der Waals surface area contributed by atoms with Crippen LogP contribution in [0.3, 0.4) is 0 Å². The van der Waals surface area contributed by atoms with Crippen molar-refractivity contribution < 1.29 is 9.53 Å². The van der Waals surface area contributed by atoms with E-state index >= 15 is 0 Å². The molecule has 1 N–H and O–H groups in total. The average Bonchev–Trinajstić information content (AvgIpc) is 3.29. The average molecular weight is 385 g/mol. The number of aromatic nitrogens is 3. The first kappa shape index (κ1) is 17.8. The lowest BCUT2D eigenvalue weighted by molar-refractivity contribution is 0.0933. The molecule has 1 amide bonds. The van der Waals surface area contributed by atoms with Crippen molar-refractivity contribution in [3.05, 3.63) is 36.2 Å². The lowest BCUT2D eigenvalue weighted by Crippen LogP contribution is -2.47. The van der Waals surface area contributed by atoms with Crippen molar-refractivity contribution in [3.63, 3.8) is 0 Å². The Morgan fingerprint density at radius 3 is 3.11 bits per heavy atom. The van der Waals surface area contributed by atoms with Crippen LogP contribution in [0.15, 0.2) is 30.6 Å². The van der Waals surface area contributed by atoms with Crippen LogP contribution >= 0.6 is 11.3 Å². The molecule has 8 heteroatoms. The Hall–Kier alpha value is -2.61. The first-order valence-electron chi connectivity index (χ1n) is 9.21. The first-order chi connectivity index (χ1) is 13.1. The van der Waals surface area contributed by atoms with Crippen molar-refractivity contribution in [2.75, 3.05) is 24.6 Å². The number of carbonyl (C=O) groups excluding carboxylic acids is 1. The number of nitrogens with one attached hydrogen (secondary N) is 1. The standard InChI is InChI=1S/C19H23N5O2S/c1-3-26-15-7-4-8-16-17(15)22-19(27-16)24-9-5-6-14(12-24)21-18(25)13-10-20-23(2)11-13/h4,7-8,10-11,14H,3,5-6,9,12H2,1-2H3,(H,21,25). The maximum absolute atomic E-state index is 12.4. The van der Waals surface area contributed by atoms with Gasteiger partial charge in [0.1, 0.15) is 11.3 Å². The smallest absolute Gasteiger partial charge is 0.254 e. The number of carbonyl (C=O) groups is 1. The van der Waals surface area contributed by atoms with Crippen molar-refractivity contribution in [1.29, 1.82) is 0 Å². The molecule has 1 aliphatic heterocycles. The molecule has 1 unspecified atom stereocenters. The summed E-state index contributed by atoms with van der Waals surface area (Å²) in [6, 6.07) is 6.14. The van der Waals surface area contributed by atoms with E-state index in [0.717, 1.165) is 47.0 Å². The molecule has 1 atom stereocenters. The molecule has 3 aromatic rings. The fraction of sp³-hybridized carbons (Fsp3) is 0.421. The van der Waals surface area contributed by atoms with Crippen molar-refractivity contribution in [1.82, 2.24) is 20.1 Å². The molecule has 1 aliphatic rings. The Balaban J connectivity index is 1.48. The highest BCUT2D eigenvalue weighted by Crippen LogP contribution is 2.35. The molecule has 142 valence electrons. The van der Waals surface area contributed by atoms with Crippen molar-refractivity contribution in [2.45, 2.75) is 25.8 Å². The van der Waals surface area contributed by atoms with Gasteiger partial charge in [-0.2, -0.15) is 5.10 Å². The van der Waals surface area contributed by atoms with Gasteiger partial charge in [0.25, 0.3) is 5.91 Å². The van der Waals surface area contributed by atoms with Gasteiger partial charge in [-0.1, -0.05) is 17.4 Å². The number of hydrogen-bond acceptors (Lipinski definition) is 6. The zero-order chi connectivity index (χ0) is 18.8. The minimum atomic E-state index is -0.0714. The molecule has 27 heavy (non-hydrogen) atoms. The van der Waals surface area contributed by atoms with Crippen molar-refractivity contribution >= 4 is 32.6 Å². The molecule has 0 aliphatic carbocycles.